The van der Waals surface area contributed by atoms with Gasteiger partial charge in [0, 0.05) is 5.92 Å². The van der Waals surface area contributed by atoms with Crippen molar-refractivity contribution in [3.8, 4) is 11.5 Å². The van der Waals surface area contributed by atoms with Crippen LogP contribution in [0.15, 0.2) is 18.2 Å². The summed E-state index contributed by atoms with van der Waals surface area (Å²) in [6.07, 6.45) is 0.252. The SMILES string of the molecule is COC(=O)CC(CN)c1ccc(OC)c(OC)c1. The molecule has 0 saturated heterocycles. The summed E-state index contributed by atoms with van der Waals surface area (Å²) in [5.74, 6) is 0.908. The maximum absolute atomic E-state index is 11.3. The van der Waals surface area contributed by atoms with Crippen LogP contribution >= 0.6 is 0 Å². The van der Waals surface area contributed by atoms with E-state index in [1.54, 1.807) is 20.3 Å². The number of nitrogens with two attached hydrogens (primary N) is 1. The van der Waals surface area contributed by atoms with Gasteiger partial charge in [-0.1, -0.05) is 6.07 Å². The minimum absolute atomic E-state index is 0.0859. The molecule has 0 aromatic heterocycles. The Morgan fingerprint density at radius 2 is 1.89 bits per heavy atom. The van der Waals surface area contributed by atoms with Gasteiger partial charge in [0.25, 0.3) is 0 Å². The van der Waals surface area contributed by atoms with E-state index in [1.807, 2.05) is 12.1 Å². The van der Waals surface area contributed by atoms with Crippen molar-refractivity contribution < 1.29 is 19.0 Å². The highest BCUT2D eigenvalue weighted by molar-refractivity contribution is 5.70. The van der Waals surface area contributed by atoms with E-state index in [9.17, 15) is 4.79 Å². The summed E-state index contributed by atoms with van der Waals surface area (Å²) in [6, 6.07) is 5.51. The molecule has 100 valence electrons. The van der Waals surface area contributed by atoms with Gasteiger partial charge >= 0.3 is 5.97 Å². The highest BCUT2D eigenvalue weighted by Crippen LogP contribution is 2.31. The third-order valence-corrected chi connectivity index (χ3v) is 2.80. The van der Waals surface area contributed by atoms with Crippen molar-refractivity contribution in [1.29, 1.82) is 0 Å². The molecule has 0 aliphatic heterocycles. The molecule has 1 aromatic carbocycles. The Kier molecular flexibility index (Phi) is 5.45. The van der Waals surface area contributed by atoms with Gasteiger partial charge < -0.3 is 19.9 Å². The van der Waals surface area contributed by atoms with Gasteiger partial charge in [-0.05, 0) is 24.2 Å². The minimum atomic E-state index is -0.278. The zero-order chi connectivity index (χ0) is 13.5. The van der Waals surface area contributed by atoms with Crippen LogP contribution in [0.3, 0.4) is 0 Å². The first kappa shape index (κ1) is 14.3. The maximum Gasteiger partial charge on any atom is 0.306 e. The smallest absolute Gasteiger partial charge is 0.306 e. The van der Waals surface area contributed by atoms with Gasteiger partial charge in [-0.3, -0.25) is 4.79 Å². The number of carbonyl (C=O) groups is 1. The van der Waals surface area contributed by atoms with E-state index >= 15 is 0 Å². The Bertz CT molecular complexity index is 406. The highest BCUT2D eigenvalue weighted by atomic mass is 16.5. The molecule has 0 heterocycles. The molecule has 18 heavy (non-hydrogen) atoms. The topological polar surface area (TPSA) is 70.8 Å². The third kappa shape index (κ3) is 3.37. The second kappa shape index (κ2) is 6.86. The molecule has 0 bridgehead atoms. The molecule has 0 fully saturated rings. The van der Waals surface area contributed by atoms with Crippen LogP contribution in [0, 0.1) is 0 Å². The van der Waals surface area contributed by atoms with Gasteiger partial charge in [0.2, 0.25) is 0 Å². The predicted octanol–water partition coefficient (Wildman–Crippen LogP) is 1.31. The number of ether oxygens (including phenoxy) is 3. The summed E-state index contributed by atoms with van der Waals surface area (Å²) in [5, 5.41) is 0. The van der Waals surface area contributed by atoms with E-state index in [0.717, 1.165) is 5.56 Å². The highest BCUT2D eigenvalue weighted by Gasteiger charge is 2.17. The number of rotatable bonds is 6. The van der Waals surface area contributed by atoms with Gasteiger partial charge in [-0.25, -0.2) is 0 Å². The number of benzene rings is 1. The van der Waals surface area contributed by atoms with Crippen molar-refractivity contribution in [3.63, 3.8) is 0 Å². The van der Waals surface area contributed by atoms with Crippen LogP contribution in [-0.4, -0.2) is 33.8 Å². The Hall–Kier alpha value is -1.75. The lowest BCUT2D eigenvalue weighted by molar-refractivity contribution is -0.141. The average molecular weight is 253 g/mol. The minimum Gasteiger partial charge on any atom is -0.493 e. The zero-order valence-corrected chi connectivity index (χ0v) is 10.9. The van der Waals surface area contributed by atoms with Crippen LogP contribution < -0.4 is 15.2 Å². The van der Waals surface area contributed by atoms with Crippen LogP contribution in [-0.2, 0) is 9.53 Å². The first-order valence-electron chi connectivity index (χ1n) is 5.65. The Morgan fingerprint density at radius 1 is 1.22 bits per heavy atom. The Balaban J connectivity index is 2.95. The van der Waals surface area contributed by atoms with Crippen molar-refractivity contribution in [2.45, 2.75) is 12.3 Å². The second-order valence-corrected chi connectivity index (χ2v) is 3.83. The summed E-state index contributed by atoms with van der Waals surface area (Å²) in [4.78, 5) is 11.3. The van der Waals surface area contributed by atoms with Gasteiger partial charge in [0.05, 0.1) is 27.8 Å². The normalized spacial score (nSPS) is 11.8. The molecule has 1 rings (SSSR count). The summed E-state index contributed by atoms with van der Waals surface area (Å²) in [5.41, 5.74) is 6.62. The molecule has 5 nitrogen and oxygen atoms in total. The summed E-state index contributed by atoms with van der Waals surface area (Å²) < 4.78 is 15.0. The van der Waals surface area contributed by atoms with E-state index in [-0.39, 0.29) is 18.3 Å². The van der Waals surface area contributed by atoms with Crippen LogP contribution in [0.1, 0.15) is 17.9 Å². The fourth-order valence-corrected chi connectivity index (χ4v) is 1.73. The third-order valence-electron chi connectivity index (χ3n) is 2.80. The summed E-state index contributed by atoms with van der Waals surface area (Å²) in [6.45, 7) is 0.366. The molecule has 5 heteroatoms. The first-order valence-corrected chi connectivity index (χ1v) is 5.65. The van der Waals surface area contributed by atoms with Crippen LogP contribution in [0.25, 0.3) is 0 Å². The molecule has 0 radical (unpaired) electrons. The van der Waals surface area contributed by atoms with Crippen molar-refractivity contribution in [2.75, 3.05) is 27.9 Å². The van der Waals surface area contributed by atoms with Crippen LogP contribution in [0.5, 0.6) is 11.5 Å². The summed E-state index contributed by atoms with van der Waals surface area (Å²) in [7, 11) is 4.51. The molecule has 0 spiro atoms. The second-order valence-electron chi connectivity index (χ2n) is 3.83. The Morgan fingerprint density at radius 3 is 2.39 bits per heavy atom. The lowest BCUT2D eigenvalue weighted by atomic mass is 9.95. The van der Waals surface area contributed by atoms with Gasteiger partial charge in [-0.2, -0.15) is 0 Å². The van der Waals surface area contributed by atoms with Crippen LogP contribution in [0.2, 0.25) is 0 Å². The first-order chi connectivity index (χ1) is 8.65. The molecular formula is C13H19NO4. The van der Waals surface area contributed by atoms with E-state index in [1.165, 1.54) is 7.11 Å². The van der Waals surface area contributed by atoms with Gasteiger partial charge in [0.15, 0.2) is 11.5 Å². The molecule has 2 N–H and O–H groups in total. The fraction of sp³-hybridized carbons (Fsp3) is 0.462. The molecule has 1 unspecified atom stereocenters. The van der Waals surface area contributed by atoms with E-state index in [4.69, 9.17) is 15.2 Å². The maximum atomic E-state index is 11.3. The van der Waals surface area contributed by atoms with Crippen molar-refractivity contribution >= 4 is 5.97 Å². The van der Waals surface area contributed by atoms with Crippen molar-refractivity contribution in [3.05, 3.63) is 23.8 Å². The monoisotopic (exact) mass is 253 g/mol. The van der Waals surface area contributed by atoms with Gasteiger partial charge in [-0.15, -0.1) is 0 Å². The molecule has 1 atom stereocenters. The lowest BCUT2D eigenvalue weighted by Gasteiger charge is -2.16. The predicted molar refractivity (Wildman–Crippen MR) is 68.0 cm³/mol. The Labute approximate surface area is 107 Å². The van der Waals surface area contributed by atoms with Crippen LogP contribution in [0.4, 0.5) is 0 Å². The number of methoxy groups -OCH3 is 3. The molecular weight excluding hydrogens is 234 g/mol. The number of esters is 1. The van der Waals surface area contributed by atoms with E-state index in [2.05, 4.69) is 4.74 Å². The number of hydrogen-bond acceptors (Lipinski definition) is 5. The average Bonchev–Trinajstić information content (AvgIpc) is 2.43. The molecule has 0 saturated carbocycles. The molecule has 0 aliphatic carbocycles. The molecule has 1 aromatic rings. The standard InChI is InChI=1S/C13H19NO4/c1-16-11-5-4-9(6-12(11)17-2)10(8-14)7-13(15)18-3/h4-6,10H,7-8,14H2,1-3H3. The zero-order valence-electron chi connectivity index (χ0n) is 10.9. The van der Waals surface area contributed by atoms with Gasteiger partial charge in [0.1, 0.15) is 0 Å². The van der Waals surface area contributed by atoms with E-state index in [0.29, 0.717) is 18.0 Å². The number of hydrogen-bond donors (Lipinski definition) is 1. The number of carbonyl (C=O) groups excluding carboxylic acids is 1. The van der Waals surface area contributed by atoms with Crippen molar-refractivity contribution in [1.82, 2.24) is 0 Å². The fourth-order valence-electron chi connectivity index (χ4n) is 1.73. The largest absolute Gasteiger partial charge is 0.493 e. The summed E-state index contributed by atoms with van der Waals surface area (Å²) >= 11 is 0. The van der Waals surface area contributed by atoms with Crippen molar-refractivity contribution in [2.24, 2.45) is 5.73 Å². The molecule has 0 amide bonds. The lowest BCUT2D eigenvalue weighted by Crippen LogP contribution is -2.17. The quantitative estimate of drug-likeness (QED) is 0.774. The molecule has 0 aliphatic rings. The van der Waals surface area contributed by atoms with E-state index < -0.39 is 0 Å².